The highest BCUT2D eigenvalue weighted by Crippen LogP contribution is 2.32. The molecule has 0 aliphatic carbocycles. The van der Waals surface area contributed by atoms with Gasteiger partial charge in [-0.2, -0.15) is 13.2 Å². The maximum atomic E-state index is 12.9. The third-order valence-electron chi connectivity index (χ3n) is 4.31. The van der Waals surface area contributed by atoms with Gasteiger partial charge in [0.15, 0.2) is 9.84 Å². The minimum atomic E-state index is -4.43. The Balaban J connectivity index is 2.07. The van der Waals surface area contributed by atoms with Crippen LogP contribution in [0.25, 0.3) is 0 Å². The van der Waals surface area contributed by atoms with Crippen molar-refractivity contribution in [1.29, 1.82) is 0 Å². The number of sulfone groups is 1. The molecule has 0 saturated carbocycles. The Morgan fingerprint density at radius 3 is 2.11 bits per heavy atom. The number of halogens is 3. The Kier molecular flexibility index (Phi) is 6.23. The van der Waals surface area contributed by atoms with Gasteiger partial charge < -0.3 is 5.32 Å². The van der Waals surface area contributed by atoms with Crippen molar-refractivity contribution < 1.29 is 26.4 Å². The highest BCUT2D eigenvalue weighted by molar-refractivity contribution is 7.89. The summed E-state index contributed by atoms with van der Waals surface area (Å²) < 4.78 is 61.4. The molecular formula is C20H22F3NO3S. The molecule has 28 heavy (non-hydrogen) atoms. The average Bonchev–Trinajstić information content (AvgIpc) is 2.58. The van der Waals surface area contributed by atoms with Crippen molar-refractivity contribution in [2.75, 3.05) is 12.8 Å². The summed E-state index contributed by atoms with van der Waals surface area (Å²) in [6.45, 7) is 3.63. The summed E-state index contributed by atoms with van der Waals surface area (Å²) >= 11 is 0. The number of alkyl halides is 3. The van der Waals surface area contributed by atoms with Crippen molar-refractivity contribution in [3.05, 3.63) is 70.8 Å². The smallest absolute Gasteiger partial charge is 0.351 e. The fraction of sp³-hybridized carbons (Fsp3) is 0.350. The molecule has 1 amide bonds. The number of hydrogen-bond donors (Lipinski definition) is 1. The van der Waals surface area contributed by atoms with Crippen LogP contribution in [0.4, 0.5) is 13.2 Å². The SMILES string of the molecule is CC(C)(CNC(=O)c1ccc(CS(C)(=O)=O)cc1)c1cccc(C(F)(F)F)c1. The summed E-state index contributed by atoms with van der Waals surface area (Å²) in [5, 5.41) is 2.73. The number of carbonyl (C=O) groups excluding carboxylic acids is 1. The number of benzene rings is 2. The van der Waals surface area contributed by atoms with Crippen molar-refractivity contribution >= 4 is 15.7 Å². The second kappa shape index (κ2) is 7.95. The van der Waals surface area contributed by atoms with Crippen LogP contribution in [0.3, 0.4) is 0 Å². The zero-order valence-electron chi connectivity index (χ0n) is 15.8. The van der Waals surface area contributed by atoms with Gasteiger partial charge in [0.1, 0.15) is 0 Å². The molecule has 0 unspecified atom stereocenters. The molecule has 152 valence electrons. The highest BCUT2D eigenvalue weighted by Gasteiger charge is 2.32. The quantitative estimate of drug-likeness (QED) is 0.780. The van der Waals surface area contributed by atoms with Crippen LogP contribution in [0, 0.1) is 0 Å². The molecule has 8 heteroatoms. The topological polar surface area (TPSA) is 63.2 Å². The van der Waals surface area contributed by atoms with Crippen LogP contribution < -0.4 is 5.32 Å². The third kappa shape index (κ3) is 6.09. The Labute approximate surface area is 162 Å². The van der Waals surface area contributed by atoms with E-state index in [9.17, 15) is 26.4 Å². The van der Waals surface area contributed by atoms with Crippen LogP contribution in [0.15, 0.2) is 48.5 Å². The van der Waals surface area contributed by atoms with Gasteiger partial charge in [-0.05, 0) is 29.3 Å². The number of hydrogen-bond acceptors (Lipinski definition) is 3. The van der Waals surface area contributed by atoms with Gasteiger partial charge in [0, 0.05) is 23.8 Å². The first-order valence-corrected chi connectivity index (χ1v) is 10.6. The van der Waals surface area contributed by atoms with Gasteiger partial charge in [0.05, 0.1) is 11.3 Å². The standard InChI is InChI=1S/C20H22F3NO3S/c1-19(2,16-5-4-6-17(11-16)20(21,22)23)13-24-18(25)15-9-7-14(8-10-15)12-28(3,26)27/h4-11H,12-13H2,1-3H3,(H,24,25). The Morgan fingerprint density at radius 1 is 1.00 bits per heavy atom. The predicted molar refractivity (Wildman–Crippen MR) is 102 cm³/mol. The van der Waals surface area contributed by atoms with Crippen molar-refractivity contribution in [1.82, 2.24) is 5.32 Å². The zero-order valence-corrected chi connectivity index (χ0v) is 16.6. The number of amides is 1. The molecule has 0 aliphatic rings. The van der Waals surface area contributed by atoms with Gasteiger partial charge in [0.25, 0.3) is 5.91 Å². The number of nitrogens with one attached hydrogen (secondary N) is 1. The minimum Gasteiger partial charge on any atom is -0.351 e. The number of rotatable bonds is 6. The first-order valence-electron chi connectivity index (χ1n) is 8.50. The Hall–Kier alpha value is -2.35. The van der Waals surface area contributed by atoms with Gasteiger partial charge in [0.2, 0.25) is 0 Å². The summed E-state index contributed by atoms with van der Waals surface area (Å²) in [6.07, 6.45) is -3.30. The van der Waals surface area contributed by atoms with Crippen molar-refractivity contribution in [2.24, 2.45) is 0 Å². The Bertz CT molecular complexity index is 949. The monoisotopic (exact) mass is 413 g/mol. The lowest BCUT2D eigenvalue weighted by Gasteiger charge is -2.26. The zero-order chi connectivity index (χ0) is 21.2. The molecule has 2 rings (SSSR count). The van der Waals surface area contributed by atoms with Crippen LogP contribution in [-0.4, -0.2) is 27.1 Å². The first-order chi connectivity index (χ1) is 12.8. The largest absolute Gasteiger partial charge is 0.416 e. The van der Waals surface area contributed by atoms with E-state index in [2.05, 4.69) is 5.32 Å². The van der Waals surface area contributed by atoms with Gasteiger partial charge in [-0.1, -0.05) is 44.2 Å². The van der Waals surface area contributed by atoms with E-state index in [-0.39, 0.29) is 18.2 Å². The van der Waals surface area contributed by atoms with Crippen molar-refractivity contribution in [2.45, 2.75) is 31.2 Å². The van der Waals surface area contributed by atoms with Crippen LogP contribution in [0.2, 0.25) is 0 Å². The summed E-state index contributed by atoms with van der Waals surface area (Å²) in [4.78, 5) is 12.3. The van der Waals surface area contributed by atoms with Crippen LogP contribution >= 0.6 is 0 Å². The van der Waals surface area contributed by atoms with E-state index in [1.165, 1.54) is 18.2 Å². The van der Waals surface area contributed by atoms with E-state index < -0.39 is 27.0 Å². The molecule has 0 heterocycles. The van der Waals surface area contributed by atoms with E-state index in [1.807, 2.05) is 0 Å². The van der Waals surface area contributed by atoms with Gasteiger partial charge in [-0.15, -0.1) is 0 Å². The maximum absolute atomic E-state index is 12.9. The van der Waals surface area contributed by atoms with Gasteiger partial charge >= 0.3 is 6.18 Å². The van der Waals surface area contributed by atoms with Gasteiger partial charge in [-0.25, -0.2) is 8.42 Å². The fourth-order valence-electron chi connectivity index (χ4n) is 2.68. The predicted octanol–water partition coefficient (Wildman–Crippen LogP) is 3.96. The molecule has 0 radical (unpaired) electrons. The van der Waals surface area contributed by atoms with E-state index >= 15 is 0 Å². The lowest BCUT2D eigenvalue weighted by molar-refractivity contribution is -0.137. The molecule has 0 aliphatic heterocycles. The van der Waals surface area contributed by atoms with Crippen molar-refractivity contribution in [3.8, 4) is 0 Å². The fourth-order valence-corrected chi connectivity index (χ4v) is 3.47. The first kappa shape index (κ1) is 21.9. The van der Waals surface area contributed by atoms with Crippen LogP contribution in [-0.2, 0) is 27.2 Å². The normalized spacial score (nSPS) is 12.6. The van der Waals surface area contributed by atoms with Gasteiger partial charge in [-0.3, -0.25) is 4.79 Å². The molecule has 2 aromatic rings. The van der Waals surface area contributed by atoms with Crippen molar-refractivity contribution in [3.63, 3.8) is 0 Å². The second-order valence-corrected chi connectivity index (χ2v) is 9.55. The molecule has 0 spiro atoms. The molecule has 0 saturated heterocycles. The Morgan fingerprint density at radius 2 is 1.57 bits per heavy atom. The maximum Gasteiger partial charge on any atom is 0.416 e. The average molecular weight is 413 g/mol. The summed E-state index contributed by atoms with van der Waals surface area (Å²) in [7, 11) is -3.17. The van der Waals surface area contributed by atoms with E-state index in [0.29, 0.717) is 16.7 Å². The second-order valence-electron chi connectivity index (χ2n) is 7.41. The molecule has 1 N–H and O–H groups in total. The van der Waals surface area contributed by atoms with Crippen LogP contribution in [0.1, 0.15) is 40.9 Å². The van der Waals surface area contributed by atoms with E-state index in [0.717, 1.165) is 18.4 Å². The molecule has 0 fully saturated rings. The number of carbonyl (C=O) groups is 1. The van der Waals surface area contributed by atoms with Crippen LogP contribution in [0.5, 0.6) is 0 Å². The third-order valence-corrected chi connectivity index (χ3v) is 5.16. The summed E-state index contributed by atoms with van der Waals surface area (Å²) in [5.41, 5.74) is -0.0647. The molecule has 0 aromatic heterocycles. The van der Waals surface area contributed by atoms with E-state index in [1.54, 1.807) is 32.0 Å². The summed E-state index contributed by atoms with van der Waals surface area (Å²) in [6, 6.07) is 11.2. The molecule has 2 aromatic carbocycles. The summed E-state index contributed by atoms with van der Waals surface area (Å²) in [5.74, 6) is -0.497. The minimum absolute atomic E-state index is 0.114. The lowest BCUT2D eigenvalue weighted by atomic mass is 9.83. The molecule has 0 bridgehead atoms. The molecule has 0 atom stereocenters. The van der Waals surface area contributed by atoms with E-state index in [4.69, 9.17) is 0 Å². The molecule has 4 nitrogen and oxygen atoms in total. The lowest BCUT2D eigenvalue weighted by Crippen LogP contribution is -2.36. The molecular weight excluding hydrogens is 391 g/mol. The highest BCUT2D eigenvalue weighted by atomic mass is 32.2.